The molecule has 2 aromatic rings. The van der Waals surface area contributed by atoms with Gasteiger partial charge in [-0.1, -0.05) is 0 Å². The van der Waals surface area contributed by atoms with Crippen molar-refractivity contribution in [1.29, 1.82) is 0 Å². The Labute approximate surface area is 116 Å². The molecule has 1 saturated heterocycles. The summed E-state index contributed by atoms with van der Waals surface area (Å²) in [6.45, 7) is 7.57. The number of hydrogen-bond acceptors (Lipinski definition) is 7. The summed E-state index contributed by atoms with van der Waals surface area (Å²) in [4.78, 5) is 6.62. The highest BCUT2D eigenvalue weighted by atomic mass is 16.5. The lowest BCUT2D eigenvalue weighted by molar-refractivity contribution is 0.261. The third-order valence-electron chi connectivity index (χ3n) is 3.52. The Hall–Kier alpha value is -2.09. The maximum absolute atomic E-state index is 5.66. The van der Waals surface area contributed by atoms with E-state index in [-0.39, 0.29) is 0 Å². The van der Waals surface area contributed by atoms with Crippen LogP contribution in [0, 0.1) is 0 Å². The molecule has 0 unspecified atom stereocenters. The van der Waals surface area contributed by atoms with E-state index in [0.29, 0.717) is 17.7 Å². The first-order chi connectivity index (χ1) is 9.57. The molecule has 3 N–H and O–H groups in total. The lowest BCUT2D eigenvalue weighted by Gasteiger charge is -2.25. The van der Waals surface area contributed by atoms with Gasteiger partial charge in [-0.3, -0.25) is 4.68 Å². The summed E-state index contributed by atoms with van der Waals surface area (Å²) in [7, 11) is 0. The molecule has 0 radical (unpaired) electrons. The Morgan fingerprint density at radius 1 is 1.35 bits per heavy atom. The lowest BCUT2D eigenvalue weighted by Crippen LogP contribution is -2.44. The van der Waals surface area contributed by atoms with Crippen LogP contribution < -0.4 is 16.0 Å². The molecule has 8 heteroatoms. The molecule has 1 fully saturated rings. The van der Waals surface area contributed by atoms with Crippen LogP contribution in [0.5, 0.6) is 0 Å². The molecule has 0 aromatic carbocycles. The van der Waals surface area contributed by atoms with E-state index in [9.17, 15) is 0 Å². The summed E-state index contributed by atoms with van der Waals surface area (Å²) in [5, 5.41) is 11.6. The molecule has 0 aliphatic carbocycles. The van der Waals surface area contributed by atoms with Crippen LogP contribution in [0.2, 0.25) is 0 Å². The van der Waals surface area contributed by atoms with E-state index < -0.39 is 5.54 Å². The monoisotopic (exact) mass is 277 g/mol. The number of nitrogens with one attached hydrogen (secondary N) is 1. The van der Waals surface area contributed by atoms with E-state index in [2.05, 4.69) is 25.5 Å². The van der Waals surface area contributed by atoms with Gasteiger partial charge in [0.05, 0.1) is 0 Å². The second kappa shape index (κ2) is 4.78. The number of nitrogen functional groups attached to an aromatic ring is 1. The zero-order chi connectivity index (χ0) is 14.2. The van der Waals surface area contributed by atoms with Gasteiger partial charge in [-0.2, -0.15) is 10.1 Å². The normalized spacial score (nSPS) is 16.6. The minimum absolute atomic E-state index is 0.472. The maximum Gasteiger partial charge on any atom is 0.266 e. The van der Waals surface area contributed by atoms with Gasteiger partial charge in [0.25, 0.3) is 11.8 Å². The minimum Gasteiger partial charge on any atom is -0.382 e. The first-order valence-corrected chi connectivity index (χ1v) is 6.69. The van der Waals surface area contributed by atoms with Crippen LogP contribution in [0.15, 0.2) is 16.8 Å². The molecular formula is C12H19N7O. The number of aromatic nitrogens is 4. The Morgan fingerprint density at radius 3 is 2.75 bits per heavy atom. The van der Waals surface area contributed by atoms with Gasteiger partial charge < -0.3 is 20.5 Å². The van der Waals surface area contributed by atoms with Crippen molar-refractivity contribution in [2.24, 2.45) is 0 Å². The largest absolute Gasteiger partial charge is 0.382 e. The number of rotatable bonds is 3. The molecule has 0 atom stereocenters. The van der Waals surface area contributed by atoms with E-state index in [1.165, 1.54) is 0 Å². The van der Waals surface area contributed by atoms with Crippen molar-refractivity contribution in [2.45, 2.75) is 19.4 Å². The molecule has 1 aliphatic heterocycles. The fourth-order valence-corrected chi connectivity index (χ4v) is 2.20. The number of nitrogens with zero attached hydrogens (tertiary/aromatic N) is 5. The highest BCUT2D eigenvalue weighted by Crippen LogP contribution is 2.25. The molecule has 3 heterocycles. The average Bonchev–Trinajstić information content (AvgIpc) is 3.09. The van der Waals surface area contributed by atoms with Crippen LogP contribution in [0.3, 0.4) is 0 Å². The fraction of sp³-hybridized carbons (Fsp3) is 0.583. The van der Waals surface area contributed by atoms with Gasteiger partial charge in [-0.15, -0.1) is 0 Å². The fourth-order valence-electron chi connectivity index (χ4n) is 2.20. The Balaban J connectivity index is 1.85. The third kappa shape index (κ3) is 2.22. The molecule has 0 spiro atoms. The van der Waals surface area contributed by atoms with Crippen molar-refractivity contribution in [3.05, 3.63) is 18.2 Å². The molecule has 1 aliphatic rings. The molecule has 0 saturated carbocycles. The second-order valence-corrected chi connectivity index (χ2v) is 5.38. The molecule has 0 bridgehead atoms. The Kier molecular flexibility index (Phi) is 3.09. The number of piperazine rings is 1. The van der Waals surface area contributed by atoms with Gasteiger partial charge in [0.1, 0.15) is 11.4 Å². The van der Waals surface area contributed by atoms with Crippen molar-refractivity contribution in [2.75, 3.05) is 36.8 Å². The minimum atomic E-state index is -0.531. The van der Waals surface area contributed by atoms with Crippen molar-refractivity contribution in [1.82, 2.24) is 25.2 Å². The van der Waals surface area contributed by atoms with E-state index in [1.807, 2.05) is 20.0 Å². The average molecular weight is 277 g/mol. The maximum atomic E-state index is 5.66. The zero-order valence-electron chi connectivity index (χ0n) is 11.7. The summed E-state index contributed by atoms with van der Waals surface area (Å²) >= 11 is 0. The van der Waals surface area contributed by atoms with Crippen LogP contribution in [0.25, 0.3) is 0 Å². The number of nitrogens with two attached hydrogens (primary N) is 1. The molecule has 20 heavy (non-hydrogen) atoms. The lowest BCUT2D eigenvalue weighted by atomic mass is 10.1. The molecular weight excluding hydrogens is 258 g/mol. The quantitative estimate of drug-likeness (QED) is 0.817. The summed E-state index contributed by atoms with van der Waals surface area (Å²) < 4.78 is 7.16. The number of anilines is 2. The first kappa shape index (κ1) is 12.9. The standard InChI is InChI=1S/C12H19N7O/c1-12(2,19-6-3-9(13)16-19)10-15-11(17-20-10)18-7-4-14-5-8-18/h3,6,14H,4-5,7-8H2,1-2H3,(H2,13,16). The summed E-state index contributed by atoms with van der Waals surface area (Å²) in [6.07, 6.45) is 1.81. The predicted octanol–water partition coefficient (Wildman–Crippen LogP) is 0.0413. The van der Waals surface area contributed by atoms with Gasteiger partial charge >= 0.3 is 0 Å². The smallest absolute Gasteiger partial charge is 0.266 e. The molecule has 108 valence electrons. The van der Waals surface area contributed by atoms with Gasteiger partial charge in [0.2, 0.25) is 0 Å². The van der Waals surface area contributed by atoms with Gasteiger partial charge in [0.15, 0.2) is 0 Å². The van der Waals surface area contributed by atoms with E-state index >= 15 is 0 Å². The Bertz CT molecular complexity index is 582. The van der Waals surface area contributed by atoms with E-state index in [4.69, 9.17) is 10.3 Å². The van der Waals surface area contributed by atoms with Crippen molar-refractivity contribution in [3.8, 4) is 0 Å². The van der Waals surface area contributed by atoms with Crippen LogP contribution in [-0.4, -0.2) is 46.1 Å². The van der Waals surface area contributed by atoms with Gasteiger partial charge in [0, 0.05) is 32.4 Å². The molecule has 0 amide bonds. The molecule has 3 rings (SSSR count). The second-order valence-electron chi connectivity index (χ2n) is 5.38. The summed E-state index contributed by atoms with van der Waals surface area (Å²) in [5.41, 5.74) is 5.13. The van der Waals surface area contributed by atoms with Crippen molar-refractivity contribution in [3.63, 3.8) is 0 Å². The topological polar surface area (TPSA) is 98.0 Å². The van der Waals surface area contributed by atoms with E-state index in [1.54, 1.807) is 10.7 Å². The SMILES string of the molecule is CC(C)(c1nc(N2CCNCC2)no1)n1ccc(N)n1. The first-order valence-electron chi connectivity index (χ1n) is 6.69. The third-order valence-corrected chi connectivity index (χ3v) is 3.52. The molecule has 2 aromatic heterocycles. The molecule has 8 nitrogen and oxygen atoms in total. The highest BCUT2D eigenvalue weighted by Gasteiger charge is 2.31. The zero-order valence-corrected chi connectivity index (χ0v) is 11.7. The number of hydrogen-bond donors (Lipinski definition) is 2. The predicted molar refractivity (Wildman–Crippen MR) is 74.4 cm³/mol. The van der Waals surface area contributed by atoms with Crippen molar-refractivity contribution < 1.29 is 4.52 Å². The van der Waals surface area contributed by atoms with Gasteiger partial charge in [-0.05, 0) is 25.1 Å². The van der Waals surface area contributed by atoms with Gasteiger partial charge in [-0.25, -0.2) is 0 Å². The Morgan fingerprint density at radius 2 is 2.10 bits per heavy atom. The van der Waals surface area contributed by atoms with E-state index in [0.717, 1.165) is 26.2 Å². The summed E-state index contributed by atoms with van der Waals surface area (Å²) in [5.74, 6) is 1.63. The van der Waals surface area contributed by atoms with Crippen LogP contribution in [0.4, 0.5) is 11.8 Å². The van der Waals surface area contributed by atoms with Crippen LogP contribution in [0.1, 0.15) is 19.7 Å². The summed E-state index contributed by atoms with van der Waals surface area (Å²) in [6, 6.07) is 1.75. The van der Waals surface area contributed by atoms with Crippen molar-refractivity contribution >= 4 is 11.8 Å². The highest BCUT2D eigenvalue weighted by molar-refractivity contribution is 5.30. The van der Waals surface area contributed by atoms with Crippen LogP contribution in [-0.2, 0) is 5.54 Å². The van der Waals surface area contributed by atoms with Crippen LogP contribution >= 0.6 is 0 Å².